The number of benzene rings is 8. The molecule has 0 atom stereocenters. The van der Waals surface area contributed by atoms with E-state index in [2.05, 4.69) is 162 Å². The van der Waals surface area contributed by atoms with Crippen molar-refractivity contribution in [1.29, 1.82) is 0 Å². The maximum Gasteiger partial charge on any atom is 0.238 e. The van der Waals surface area contributed by atoms with E-state index in [9.17, 15) is 0 Å². The molecule has 56 heavy (non-hydrogen) atoms. The molecule has 0 fully saturated rings. The Balaban J connectivity index is 1.17. The van der Waals surface area contributed by atoms with E-state index in [1.165, 1.54) is 0 Å². The lowest BCUT2D eigenvalue weighted by atomic mass is 9.87. The second-order valence-corrected chi connectivity index (χ2v) is 14.0. The van der Waals surface area contributed by atoms with Crippen LogP contribution in [0.15, 0.2) is 199 Å². The van der Waals surface area contributed by atoms with Gasteiger partial charge in [0.15, 0.2) is 11.6 Å². The van der Waals surface area contributed by atoms with Crippen molar-refractivity contribution < 1.29 is 4.42 Å². The van der Waals surface area contributed by atoms with Crippen LogP contribution in [0.4, 0.5) is 0 Å². The smallest absolute Gasteiger partial charge is 0.238 e. The zero-order valence-electron chi connectivity index (χ0n) is 30.2. The minimum atomic E-state index is 0.568. The topological polar surface area (TPSA) is 56.7 Å². The molecule has 0 unspecified atom stereocenters. The van der Waals surface area contributed by atoms with Gasteiger partial charge in [0.2, 0.25) is 5.95 Å². The van der Waals surface area contributed by atoms with Gasteiger partial charge in [0.05, 0.1) is 11.0 Å². The average Bonchev–Trinajstić information content (AvgIpc) is 3.83. The van der Waals surface area contributed by atoms with E-state index >= 15 is 0 Å². The first-order valence-corrected chi connectivity index (χ1v) is 18.8. The van der Waals surface area contributed by atoms with Crippen LogP contribution in [0.2, 0.25) is 0 Å². The van der Waals surface area contributed by atoms with Gasteiger partial charge in [-0.05, 0) is 58.1 Å². The highest BCUT2D eigenvalue weighted by Gasteiger charge is 2.23. The molecule has 11 rings (SSSR count). The summed E-state index contributed by atoms with van der Waals surface area (Å²) in [5.41, 5.74) is 12.1. The Morgan fingerprint density at radius 1 is 0.375 bits per heavy atom. The third-order valence-corrected chi connectivity index (χ3v) is 10.7. The van der Waals surface area contributed by atoms with Crippen molar-refractivity contribution in [3.8, 4) is 62.1 Å². The van der Waals surface area contributed by atoms with Gasteiger partial charge in [-0.3, -0.25) is 4.57 Å². The standard InChI is InChI=1S/C51H32N4O/c1-4-17-33(18-5-1)41-32-42(47-40-27-12-15-30-45(40)56-48(47)46(41)34-19-6-2-7-20-34)36-23-16-24-37(31-36)50-52-49(35-21-8-3-9-22-35)53-51(54-50)55-43-28-13-10-25-38(43)39-26-11-14-29-44(39)55/h1-32H. The lowest BCUT2D eigenvalue weighted by Crippen LogP contribution is -2.06. The van der Waals surface area contributed by atoms with Crippen molar-refractivity contribution in [2.45, 2.75) is 0 Å². The lowest BCUT2D eigenvalue weighted by molar-refractivity contribution is 0.670. The zero-order chi connectivity index (χ0) is 37.0. The average molecular weight is 717 g/mol. The molecule has 0 saturated heterocycles. The van der Waals surface area contributed by atoms with Crippen LogP contribution in [-0.2, 0) is 0 Å². The Bertz CT molecular complexity index is 3190. The summed E-state index contributed by atoms with van der Waals surface area (Å²) in [4.78, 5) is 15.5. The summed E-state index contributed by atoms with van der Waals surface area (Å²) < 4.78 is 8.99. The highest BCUT2D eigenvalue weighted by atomic mass is 16.3. The maximum absolute atomic E-state index is 6.83. The molecule has 0 spiro atoms. The van der Waals surface area contributed by atoms with Gasteiger partial charge in [-0.1, -0.05) is 164 Å². The van der Waals surface area contributed by atoms with Gasteiger partial charge in [-0.25, -0.2) is 4.98 Å². The van der Waals surface area contributed by atoms with Crippen LogP contribution in [0.3, 0.4) is 0 Å². The molecule has 3 aromatic heterocycles. The molecule has 262 valence electrons. The number of fused-ring (bicyclic) bond motifs is 6. The quantitative estimate of drug-likeness (QED) is 0.172. The van der Waals surface area contributed by atoms with Crippen LogP contribution in [0, 0.1) is 0 Å². The first kappa shape index (κ1) is 31.9. The van der Waals surface area contributed by atoms with Gasteiger partial charge in [-0.2, -0.15) is 9.97 Å². The molecule has 11 aromatic rings. The Kier molecular flexibility index (Phi) is 7.42. The largest absolute Gasteiger partial charge is 0.455 e. The predicted molar refractivity (Wildman–Crippen MR) is 229 cm³/mol. The number of rotatable bonds is 6. The Morgan fingerprint density at radius 3 is 1.57 bits per heavy atom. The van der Waals surface area contributed by atoms with Gasteiger partial charge in [0.1, 0.15) is 11.2 Å². The maximum atomic E-state index is 6.83. The van der Waals surface area contributed by atoms with Gasteiger partial charge in [-0.15, -0.1) is 0 Å². The summed E-state index contributed by atoms with van der Waals surface area (Å²) in [5, 5.41) is 4.44. The molecular weight excluding hydrogens is 685 g/mol. The molecule has 0 saturated carbocycles. The summed E-state index contributed by atoms with van der Waals surface area (Å²) in [5.74, 6) is 1.77. The van der Waals surface area contributed by atoms with Crippen LogP contribution >= 0.6 is 0 Å². The van der Waals surface area contributed by atoms with Crippen molar-refractivity contribution in [2.24, 2.45) is 0 Å². The van der Waals surface area contributed by atoms with Crippen molar-refractivity contribution in [3.05, 3.63) is 194 Å². The second kappa shape index (κ2) is 13.0. The number of nitrogens with zero attached hydrogens (tertiary/aromatic N) is 4. The van der Waals surface area contributed by atoms with E-state index in [0.29, 0.717) is 17.6 Å². The molecule has 0 bridgehead atoms. The fourth-order valence-corrected chi connectivity index (χ4v) is 8.14. The minimum absolute atomic E-state index is 0.568. The normalized spacial score (nSPS) is 11.6. The second-order valence-electron chi connectivity index (χ2n) is 14.0. The summed E-state index contributed by atoms with van der Waals surface area (Å²) in [6, 6.07) is 67.3. The molecule has 0 N–H and O–H groups in total. The SMILES string of the molecule is c1ccc(-c2nc(-c3cccc(-c4cc(-c5ccccc5)c(-c5ccccc5)c5oc6ccccc6c45)c3)nc(-n3c4ccccc4c4ccccc43)n2)cc1. The van der Waals surface area contributed by atoms with Crippen molar-refractivity contribution in [3.63, 3.8) is 0 Å². The molecule has 0 radical (unpaired) electrons. The van der Waals surface area contributed by atoms with E-state index < -0.39 is 0 Å². The van der Waals surface area contributed by atoms with Crippen molar-refractivity contribution in [1.82, 2.24) is 19.5 Å². The van der Waals surface area contributed by atoms with Crippen LogP contribution in [0.1, 0.15) is 0 Å². The number of hydrogen-bond acceptors (Lipinski definition) is 4. The molecule has 0 aliphatic carbocycles. The van der Waals surface area contributed by atoms with E-state index in [1.807, 2.05) is 36.4 Å². The first-order chi connectivity index (χ1) is 27.8. The van der Waals surface area contributed by atoms with Crippen LogP contribution in [-0.4, -0.2) is 19.5 Å². The Morgan fingerprint density at radius 2 is 0.893 bits per heavy atom. The lowest BCUT2D eigenvalue weighted by Gasteiger charge is -2.16. The van der Waals surface area contributed by atoms with Gasteiger partial charge < -0.3 is 4.42 Å². The first-order valence-electron chi connectivity index (χ1n) is 18.8. The Hall–Kier alpha value is -7.63. The van der Waals surface area contributed by atoms with E-state index in [4.69, 9.17) is 19.4 Å². The van der Waals surface area contributed by atoms with Gasteiger partial charge in [0.25, 0.3) is 0 Å². The van der Waals surface area contributed by atoms with Crippen molar-refractivity contribution >= 4 is 43.7 Å². The Labute approximate surface area is 322 Å². The summed E-state index contributed by atoms with van der Waals surface area (Å²) >= 11 is 0. The predicted octanol–water partition coefficient (Wildman–Crippen LogP) is 13.2. The van der Waals surface area contributed by atoms with E-state index in [0.717, 1.165) is 88.3 Å². The third kappa shape index (κ3) is 5.21. The molecule has 5 heteroatoms. The molecule has 3 heterocycles. The molecule has 8 aromatic carbocycles. The fraction of sp³-hybridized carbons (Fsp3) is 0. The van der Waals surface area contributed by atoms with Crippen LogP contribution in [0.5, 0.6) is 0 Å². The van der Waals surface area contributed by atoms with Gasteiger partial charge >= 0.3 is 0 Å². The third-order valence-electron chi connectivity index (χ3n) is 10.7. The number of furan rings is 1. The van der Waals surface area contributed by atoms with Crippen molar-refractivity contribution in [2.75, 3.05) is 0 Å². The summed E-state index contributed by atoms with van der Waals surface area (Å²) in [6.45, 7) is 0. The molecular formula is C51H32N4O. The summed E-state index contributed by atoms with van der Waals surface area (Å²) in [6.07, 6.45) is 0. The monoisotopic (exact) mass is 716 g/mol. The fourth-order valence-electron chi connectivity index (χ4n) is 8.14. The highest BCUT2D eigenvalue weighted by Crippen LogP contribution is 2.47. The zero-order valence-corrected chi connectivity index (χ0v) is 30.2. The number of hydrogen-bond donors (Lipinski definition) is 0. The minimum Gasteiger partial charge on any atom is -0.455 e. The van der Waals surface area contributed by atoms with E-state index in [1.54, 1.807) is 0 Å². The summed E-state index contributed by atoms with van der Waals surface area (Å²) in [7, 11) is 0. The molecule has 0 aliphatic heterocycles. The number of aromatic nitrogens is 4. The van der Waals surface area contributed by atoms with Crippen LogP contribution in [0.25, 0.3) is 106 Å². The number of para-hydroxylation sites is 3. The van der Waals surface area contributed by atoms with E-state index in [-0.39, 0.29) is 0 Å². The molecule has 0 aliphatic rings. The molecule has 0 amide bonds. The van der Waals surface area contributed by atoms with Gasteiger partial charge in [0, 0.05) is 38.2 Å². The highest BCUT2D eigenvalue weighted by molar-refractivity contribution is 6.19. The molecule has 5 nitrogen and oxygen atoms in total. The van der Waals surface area contributed by atoms with Crippen LogP contribution < -0.4 is 0 Å².